The Morgan fingerprint density at radius 1 is 0.571 bits per heavy atom. The zero-order valence-corrected chi connectivity index (χ0v) is 24.8. The molecule has 3 aromatic rings. The Balaban J connectivity index is 1.78. The van der Waals surface area contributed by atoms with Crippen LogP contribution < -0.4 is 9.47 Å². The quantitative estimate of drug-likeness (QED) is 0.108. The highest BCUT2D eigenvalue weighted by Crippen LogP contribution is 2.42. The van der Waals surface area contributed by atoms with Crippen molar-refractivity contribution in [2.45, 2.75) is 97.1 Å². The Morgan fingerprint density at radius 2 is 1.12 bits per heavy atom. The molecule has 0 radical (unpaired) electrons. The first kappa shape index (κ1) is 33.4. The molecule has 0 amide bonds. The van der Waals surface area contributed by atoms with Crippen molar-refractivity contribution in [1.82, 2.24) is 0 Å². The van der Waals surface area contributed by atoms with Crippen LogP contribution in [0, 0.1) is 11.6 Å². The van der Waals surface area contributed by atoms with Crippen LogP contribution in [0.2, 0.25) is 0 Å². The Labute approximate surface area is 247 Å². The van der Waals surface area contributed by atoms with E-state index in [1.807, 2.05) is 0 Å². The Bertz CT molecular complexity index is 1240. The normalized spacial score (nSPS) is 11.6. The van der Waals surface area contributed by atoms with Gasteiger partial charge in [-0.3, -0.25) is 0 Å². The van der Waals surface area contributed by atoms with Crippen molar-refractivity contribution < 1.29 is 31.4 Å². The Hall–Kier alpha value is -3.09. The van der Waals surface area contributed by atoms with E-state index in [9.17, 15) is 17.6 Å². The summed E-state index contributed by atoms with van der Waals surface area (Å²) in [5.74, 6) is -1.50. The van der Waals surface area contributed by atoms with E-state index in [1.165, 1.54) is 67.8 Å². The van der Waals surface area contributed by atoms with Crippen molar-refractivity contribution in [2.24, 2.45) is 0 Å². The molecule has 0 fully saturated rings. The van der Waals surface area contributed by atoms with Gasteiger partial charge in [-0.2, -0.15) is 13.2 Å². The fourth-order valence-electron chi connectivity index (χ4n) is 5.01. The standard InChI is InChI=1S/C35H43F5O2/c1-3-5-7-9-11-13-22-41-32-20-18-26(24-29(32)35(38,39)40)28-16-15-17-30(36)34(28)27-19-21-33(31(37)25-27)42-23-14-12-10-8-6-4-2/h15-21,24-25H,3-14,22-23H2,1-2H3. The molecule has 0 saturated heterocycles. The van der Waals surface area contributed by atoms with Crippen LogP contribution in [-0.2, 0) is 6.18 Å². The lowest BCUT2D eigenvalue weighted by Crippen LogP contribution is -2.10. The van der Waals surface area contributed by atoms with Crippen LogP contribution in [0.4, 0.5) is 22.0 Å². The summed E-state index contributed by atoms with van der Waals surface area (Å²) in [6.45, 7) is 4.84. The number of alkyl halides is 3. The second-order valence-corrected chi connectivity index (χ2v) is 10.7. The predicted octanol–water partition coefficient (Wildman–Crippen LogP) is 11.8. The average molecular weight is 591 g/mol. The van der Waals surface area contributed by atoms with Crippen molar-refractivity contribution in [2.75, 3.05) is 13.2 Å². The van der Waals surface area contributed by atoms with Gasteiger partial charge in [0.2, 0.25) is 0 Å². The molecule has 42 heavy (non-hydrogen) atoms. The third-order valence-corrected chi connectivity index (χ3v) is 7.34. The van der Waals surface area contributed by atoms with Gasteiger partial charge in [-0.1, -0.05) is 102 Å². The number of rotatable bonds is 18. The minimum atomic E-state index is -4.67. The first-order valence-corrected chi connectivity index (χ1v) is 15.3. The summed E-state index contributed by atoms with van der Waals surface area (Å²) in [5, 5.41) is 0. The van der Waals surface area contributed by atoms with Crippen molar-refractivity contribution in [3.63, 3.8) is 0 Å². The second-order valence-electron chi connectivity index (χ2n) is 10.7. The van der Waals surface area contributed by atoms with Crippen LogP contribution in [0.1, 0.15) is 96.5 Å². The van der Waals surface area contributed by atoms with Gasteiger partial charge in [-0.15, -0.1) is 0 Å². The molecular formula is C35H43F5O2. The van der Waals surface area contributed by atoms with Crippen molar-refractivity contribution in [3.05, 3.63) is 71.8 Å². The summed E-state index contributed by atoms with van der Waals surface area (Å²) >= 11 is 0. The van der Waals surface area contributed by atoms with Crippen LogP contribution in [0.25, 0.3) is 22.3 Å². The number of halogens is 5. The maximum Gasteiger partial charge on any atom is 0.419 e. The first-order chi connectivity index (χ1) is 20.3. The van der Waals surface area contributed by atoms with Crippen molar-refractivity contribution in [1.29, 1.82) is 0 Å². The third kappa shape index (κ3) is 10.0. The Kier molecular flexibility index (Phi) is 13.6. The summed E-state index contributed by atoms with van der Waals surface area (Å²) in [5.41, 5.74) is -0.307. The molecule has 0 aliphatic carbocycles. The van der Waals surface area contributed by atoms with Crippen LogP contribution in [0.3, 0.4) is 0 Å². The third-order valence-electron chi connectivity index (χ3n) is 7.34. The summed E-state index contributed by atoms with van der Waals surface area (Å²) in [6.07, 6.45) is 7.75. The lowest BCUT2D eigenvalue weighted by molar-refractivity contribution is -0.138. The molecule has 0 spiro atoms. The minimum Gasteiger partial charge on any atom is -0.493 e. The molecule has 7 heteroatoms. The van der Waals surface area contributed by atoms with Gasteiger partial charge in [0.25, 0.3) is 0 Å². The van der Waals surface area contributed by atoms with Crippen LogP contribution >= 0.6 is 0 Å². The molecule has 3 rings (SSSR count). The van der Waals surface area contributed by atoms with Gasteiger partial charge in [0.1, 0.15) is 11.6 Å². The predicted molar refractivity (Wildman–Crippen MR) is 160 cm³/mol. The van der Waals surface area contributed by atoms with E-state index in [0.29, 0.717) is 13.0 Å². The zero-order chi connectivity index (χ0) is 30.4. The van der Waals surface area contributed by atoms with E-state index in [2.05, 4.69) is 13.8 Å². The molecule has 0 heterocycles. The van der Waals surface area contributed by atoms with Crippen LogP contribution in [0.15, 0.2) is 54.6 Å². The van der Waals surface area contributed by atoms with Gasteiger partial charge >= 0.3 is 6.18 Å². The number of hydrogen-bond acceptors (Lipinski definition) is 2. The summed E-state index contributed by atoms with van der Waals surface area (Å²) in [6, 6.07) is 12.1. The molecule has 0 aliphatic rings. The number of hydrogen-bond donors (Lipinski definition) is 0. The van der Waals surface area contributed by atoms with Crippen molar-refractivity contribution >= 4 is 0 Å². The highest BCUT2D eigenvalue weighted by molar-refractivity contribution is 5.84. The van der Waals surface area contributed by atoms with E-state index in [-0.39, 0.29) is 40.4 Å². The second kappa shape index (κ2) is 17.1. The molecule has 230 valence electrons. The minimum absolute atomic E-state index is 0.0211. The molecule has 0 atom stereocenters. The van der Waals surface area contributed by atoms with E-state index in [1.54, 1.807) is 0 Å². The van der Waals surface area contributed by atoms with Crippen LogP contribution in [0.5, 0.6) is 11.5 Å². The largest absolute Gasteiger partial charge is 0.493 e. The maximum absolute atomic E-state index is 15.2. The molecule has 3 aromatic carbocycles. The monoisotopic (exact) mass is 590 g/mol. The molecule has 0 saturated carbocycles. The molecule has 0 aliphatic heterocycles. The first-order valence-electron chi connectivity index (χ1n) is 15.3. The molecule has 2 nitrogen and oxygen atoms in total. The fourth-order valence-corrected chi connectivity index (χ4v) is 5.01. The van der Waals surface area contributed by atoms with Gasteiger partial charge in [0, 0.05) is 5.56 Å². The number of unbranched alkanes of at least 4 members (excludes halogenated alkanes) is 10. The SMILES string of the molecule is CCCCCCCCOc1ccc(-c2c(F)cccc2-c2ccc(OCCCCCCCC)c(C(F)(F)F)c2)cc1F. The molecule has 0 aromatic heterocycles. The maximum atomic E-state index is 15.2. The molecular weight excluding hydrogens is 547 g/mol. The number of ether oxygens (including phenoxy) is 2. The van der Waals surface area contributed by atoms with Gasteiger partial charge in [0.15, 0.2) is 11.6 Å². The lowest BCUT2D eigenvalue weighted by Gasteiger charge is -2.17. The van der Waals surface area contributed by atoms with E-state index >= 15 is 4.39 Å². The highest BCUT2D eigenvalue weighted by Gasteiger charge is 2.35. The molecule has 0 N–H and O–H groups in total. The molecule has 0 bridgehead atoms. The van der Waals surface area contributed by atoms with Crippen LogP contribution in [-0.4, -0.2) is 13.2 Å². The highest BCUT2D eigenvalue weighted by atomic mass is 19.4. The van der Waals surface area contributed by atoms with Gasteiger partial charge in [-0.05, 0) is 59.9 Å². The Morgan fingerprint density at radius 3 is 1.71 bits per heavy atom. The lowest BCUT2D eigenvalue weighted by atomic mass is 9.92. The number of benzene rings is 3. The smallest absolute Gasteiger partial charge is 0.419 e. The summed E-state index contributed by atoms with van der Waals surface area (Å²) in [4.78, 5) is 0. The van der Waals surface area contributed by atoms with E-state index in [4.69, 9.17) is 9.47 Å². The zero-order valence-electron chi connectivity index (χ0n) is 24.8. The topological polar surface area (TPSA) is 18.5 Å². The fraction of sp³-hybridized carbons (Fsp3) is 0.486. The average Bonchev–Trinajstić information content (AvgIpc) is 2.96. The van der Waals surface area contributed by atoms with Gasteiger partial charge in [-0.25, -0.2) is 8.78 Å². The van der Waals surface area contributed by atoms with Gasteiger partial charge < -0.3 is 9.47 Å². The molecule has 0 unspecified atom stereocenters. The van der Waals surface area contributed by atoms with E-state index in [0.717, 1.165) is 57.4 Å². The summed E-state index contributed by atoms with van der Waals surface area (Å²) in [7, 11) is 0. The van der Waals surface area contributed by atoms with Crippen molar-refractivity contribution in [3.8, 4) is 33.8 Å². The summed E-state index contributed by atoms with van der Waals surface area (Å²) < 4.78 is 83.4. The van der Waals surface area contributed by atoms with Gasteiger partial charge in [0.05, 0.1) is 18.8 Å². The van der Waals surface area contributed by atoms with E-state index < -0.39 is 23.4 Å².